The molecule has 2 heterocycles. The van der Waals surface area contributed by atoms with Gasteiger partial charge in [-0.25, -0.2) is 0 Å². The van der Waals surface area contributed by atoms with Gasteiger partial charge in [-0.15, -0.1) is 0 Å². The second-order valence-electron chi connectivity index (χ2n) is 5.12. The Morgan fingerprint density at radius 1 is 1.09 bits per heavy atom. The van der Waals surface area contributed by atoms with Crippen LogP contribution in [0.5, 0.6) is 17.2 Å². The number of benzene rings is 2. The quantitative estimate of drug-likeness (QED) is 0.587. The van der Waals surface area contributed by atoms with Gasteiger partial charge in [-0.3, -0.25) is 10.1 Å². The highest BCUT2D eigenvalue weighted by atomic mass is 79.9. The Hall–Kier alpha value is -2.54. The molecule has 0 amide bonds. The summed E-state index contributed by atoms with van der Waals surface area (Å²) in [5, 5.41) is 11.5. The Kier molecular flexibility index (Phi) is 3.23. The first-order valence-electron chi connectivity index (χ1n) is 6.83. The maximum absolute atomic E-state index is 11.5. The zero-order chi connectivity index (χ0) is 16.0. The average Bonchev–Trinajstić information content (AvgIpc) is 3.01. The molecule has 2 aromatic rings. The van der Waals surface area contributed by atoms with Crippen LogP contribution in [0, 0.1) is 10.1 Å². The molecule has 0 aliphatic carbocycles. The number of nitrogens with zero attached hydrogens (tertiary/aromatic N) is 1. The molecular weight excluding hydrogens is 366 g/mol. The van der Waals surface area contributed by atoms with Crippen molar-refractivity contribution in [2.24, 2.45) is 0 Å². The van der Waals surface area contributed by atoms with E-state index in [1.54, 1.807) is 36.4 Å². The summed E-state index contributed by atoms with van der Waals surface area (Å²) in [4.78, 5) is 11.0. The summed E-state index contributed by atoms with van der Waals surface area (Å²) in [6.45, 7) is 0.152. The molecule has 0 fully saturated rings. The third kappa shape index (κ3) is 2.43. The largest absolute Gasteiger partial charge is 0.474 e. The van der Waals surface area contributed by atoms with E-state index in [9.17, 15) is 10.1 Å². The van der Waals surface area contributed by atoms with Gasteiger partial charge < -0.3 is 14.2 Å². The van der Waals surface area contributed by atoms with Crippen molar-refractivity contribution < 1.29 is 19.1 Å². The van der Waals surface area contributed by atoms with Crippen molar-refractivity contribution in [3.05, 3.63) is 67.8 Å². The number of ether oxygens (including phenoxy) is 3. The molecular formula is C16H10BrNO5. The number of rotatable bonds is 2. The summed E-state index contributed by atoms with van der Waals surface area (Å²) in [6.07, 6.45) is 0.743. The summed E-state index contributed by atoms with van der Waals surface area (Å²) >= 11 is 3.36. The van der Waals surface area contributed by atoms with Crippen molar-refractivity contribution in [2.75, 3.05) is 6.79 Å². The maximum atomic E-state index is 11.5. The summed E-state index contributed by atoms with van der Waals surface area (Å²) in [7, 11) is 0. The standard InChI is InChI=1S/C16H10BrNO5/c17-11-2-4-13-10(5-11)6-12(18(19)20)16(23-13)9-1-3-14-15(7-9)22-8-21-14/h1-7,16H,8H2. The molecule has 0 saturated carbocycles. The van der Waals surface area contributed by atoms with Gasteiger partial charge in [0.25, 0.3) is 5.70 Å². The number of hydrogen-bond acceptors (Lipinski definition) is 5. The minimum Gasteiger partial charge on any atom is -0.474 e. The van der Waals surface area contributed by atoms with E-state index < -0.39 is 11.0 Å². The molecule has 4 rings (SSSR count). The van der Waals surface area contributed by atoms with E-state index in [1.807, 2.05) is 6.07 Å². The fourth-order valence-corrected chi connectivity index (χ4v) is 3.00. The lowest BCUT2D eigenvalue weighted by Gasteiger charge is -2.23. The molecule has 23 heavy (non-hydrogen) atoms. The van der Waals surface area contributed by atoms with Crippen molar-refractivity contribution in [1.29, 1.82) is 0 Å². The molecule has 0 radical (unpaired) electrons. The van der Waals surface area contributed by atoms with Gasteiger partial charge in [-0.1, -0.05) is 22.0 Å². The van der Waals surface area contributed by atoms with Crippen LogP contribution in [0.1, 0.15) is 17.2 Å². The van der Waals surface area contributed by atoms with Gasteiger partial charge in [0.2, 0.25) is 12.9 Å². The molecule has 1 atom stereocenters. The molecule has 0 aromatic heterocycles. The van der Waals surface area contributed by atoms with Crippen LogP contribution in [-0.2, 0) is 0 Å². The summed E-state index contributed by atoms with van der Waals surface area (Å²) < 4.78 is 17.3. The molecule has 2 aliphatic heterocycles. The lowest BCUT2D eigenvalue weighted by molar-refractivity contribution is -0.434. The minimum absolute atomic E-state index is 0.0190. The van der Waals surface area contributed by atoms with E-state index in [1.165, 1.54) is 0 Å². The van der Waals surface area contributed by atoms with Gasteiger partial charge >= 0.3 is 0 Å². The molecule has 0 N–H and O–H groups in total. The van der Waals surface area contributed by atoms with Crippen molar-refractivity contribution in [3.8, 4) is 17.2 Å². The van der Waals surface area contributed by atoms with Crippen LogP contribution in [0.2, 0.25) is 0 Å². The number of halogens is 1. The van der Waals surface area contributed by atoms with E-state index in [0.717, 1.165) is 4.47 Å². The van der Waals surface area contributed by atoms with Crippen LogP contribution in [0.3, 0.4) is 0 Å². The maximum Gasteiger partial charge on any atom is 0.291 e. The Bertz CT molecular complexity index is 848. The van der Waals surface area contributed by atoms with Gasteiger partial charge in [-0.2, -0.15) is 0 Å². The molecule has 0 bridgehead atoms. The molecule has 1 unspecified atom stereocenters. The Labute approximate surface area is 139 Å². The molecule has 116 valence electrons. The third-order valence-corrected chi connectivity index (χ3v) is 4.19. The van der Waals surface area contributed by atoms with E-state index >= 15 is 0 Å². The second-order valence-corrected chi connectivity index (χ2v) is 6.03. The van der Waals surface area contributed by atoms with Crippen molar-refractivity contribution in [1.82, 2.24) is 0 Å². The van der Waals surface area contributed by atoms with Crippen molar-refractivity contribution in [3.63, 3.8) is 0 Å². The van der Waals surface area contributed by atoms with Crippen molar-refractivity contribution in [2.45, 2.75) is 6.10 Å². The third-order valence-electron chi connectivity index (χ3n) is 3.70. The van der Waals surface area contributed by atoms with Crippen LogP contribution < -0.4 is 14.2 Å². The van der Waals surface area contributed by atoms with E-state index in [2.05, 4.69) is 15.9 Å². The number of fused-ring (bicyclic) bond motifs is 2. The molecule has 0 spiro atoms. The smallest absolute Gasteiger partial charge is 0.291 e. The summed E-state index contributed by atoms with van der Waals surface area (Å²) in [5.41, 5.74) is 1.29. The molecule has 6 nitrogen and oxygen atoms in total. The van der Waals surface area contributed by atoms with Gasteiger partial charge in [-0.05, 0) is 30.3 Å². The van der Waals surface area contributed by atoms with Crippen LogP contribution in [0.4, 0.5) is 0 Å². The molecule has 2 aromatic carbocycles. The van der Waals surface area contributed by atoms with Crippen molar-refractivity contribution >= 4 is 22.0 Å². The van der Waals surface area contributed by atoms with Crippen LogP contribution in [0.25, 0.3) is 6.08 Å². The second kappa shape index (κ2) is 5.27. The number of hydrogen-bond donors (Lipinski definition) is 0. The fourth-order valence-electron chi connectivity index (χ4n) is 2.63. The first-order chi connectivity index (χ1) is 11.1. The Balaban J connectivity index is 1.79. The Morgan fingerprint density at radius 3 is 2.70 bits per heavy atom. The first-order valence-corrected chi connectivity index (χ1v) is 7.63. The highest BCUT2D eigenvalue weighted by Crippen LogP contribution is 2.41. The van der Waals surface area contributed by atoms with Gasteiger partial charge in [0.05, 0.1) is 4.92 Å². The van der Waals surface area contributed by atoms with E-state index in [0.29, 0.717) is 28.4 Å². The summed E-state index contributed by atoms with van der Waals surface area (Å²) in [6, 6.07) is 10.6. The summed E-state index contributed by atoms with van der Waals surface area (Å²) in [5.74, 6) is 1.79. The average molecular weight is 376 g/mol. The highest BCUT2D eigenvalue weighted by Gasteiger charge is 2.34. The fraction of sp³-hybridized carbons (Fsp3) is 0.125. The van der Waals surface area contributed by atoms with Gasteiger partial charge in [0.15, 0.2) is 11.5 Å². The topological polar surface area (TPSA) is 70.8 Å². The molecule has 0 saturated heterocycles. The van der Waals surface area contributed by atoms with Crippen LogP contribution in [-0.4, -0.2) is 11.7 Å². The lowest BCUT2D eigenvalue weighted by atomic mass is 10.0. The minimum atomic E-state index is -0.798. The van der Waals surface area contributed by atoms with Gasteiger partial charge in [0, 0.05) is 21.7 Å². The number of nitro groups is 1. The monoisotopic (exact) mass is 375 g/mol. The SMILES string of the molecule is O=[N+]([O-])C1=Cc2cc(Br)ccc2OC1c1ccc2c(c1)OCO2. The first kappa shape index (κ1) is 14.1. The van der Waals surface area contributed by atoms with E-state index in [-0.39, 0.29) is 12.5 Å². The zero-order valence-corrected chi connectivity index (χ0v) is 13.3. The molecule has 7 heteroatoms. The zero-order valence-electron chi connectivity index (χ0n) is 11.7. The highest BCUT2D eigenvalue weighted by molar-refractivity contribution is 9.10. The predicted molar refractivity (Wildman–Crippen MR) is 85.0 cm³/mol. The van der Waals surface area contributed by atoms with Crippen LogP contribution in [0.15, 0.2) is 46.6 Å². The predicted octanol–water partition coefficient (Wildman–Crippen LogP) is 3.93. The lowest BCUT2D eigenvalue weighted by Crippen LogP contribution is -2.19. The van der Waals surface area contributed by atoms with Crippen LogP contribution >= 0.6 is 15.9 Å². The van der Waals surface area contributed by atoms with E-state index in [4.69, 9.17) is 14.2 Å². The van der Waals surface area contributed by atoms with Gasteiger partial charge in [0.1, 0.15) is 5.75 Å². The normalized spacial score (nSPS) is 18.0. The Morgan fingerprint density at radius 2 is 1.87 bits per heavy atom. The molecule has 2 aliphatic rings.